The molecule has 1 aromatic rings. The number of anilines is 1. The summed E-state index contributed by atoms with van der Waals surface area (Å²) in [6.07, 6.45) is 9.15. The molecule has 2 aliphatic rings. The van der Waals surface area contributed by atoms with Crippen LogP contribution in [0.25, 0.3) is 0 Å². The predicted octanol–water partition coefficient (Wildman–Crippen LogP) is 2.39. The molecule has 0 unspecified atom stereocenters. The number of hydrogen-bond donors (Lipinski definition) is 0. The standard InChI is InChI=1S/C17H23N3O/c1-14-6-5-9-18-16(14)19-10-12-20(13-11-19)17(21)15-7-3-2-4-8-15/h2-3,5-6,9,15H,4,7-8,10-13H2,1H3/t15-/m1/s1. The second kappa shape index (κ2) is 6.29. The third kappa shape index (κ3) is 3.09. The second-order valence-corrected chi connectivity index (χ2v) is 5.94. The molecule has 0 radical (unpaired) electrons. The van der Waals surface area contributed by atoms with Crippen LogP contribution in [-0.2, 0) is 4.79 Å². The maximum absolute atomic E-state index is 12.5. The number of allylic oxidation sites excluding steroid dienone is 2. The molecule has 112 valence electrons. The lowest BCUT2D eigenvalue weighted by molar-refractivity contribution is -0.136. The number of hydrogen-bond acceptors (Lipinski definition) is 3. The highest BCUT2D eigenvalue weighted by Gasteiger charge is 2.27. The van der Waals surface area contributed by atoms with E-state index in [4.69, 9.17) is 0 Å². The third-order valence-electron chi connectivity index (χ3n) is 4.49. The second-order valence-electron chi connectivity index (χ2n) is 5.94. The van der Waals surface area contributed by atoms with Gasteiger partial charge in [0.05, 0.1) is 0 Å². The molecule has 3 rings (SSSR count). The monoisotopic (exact) mass is 285 g/mol. The lowest BCUT2D eigenvalue weighted by atomic mass is 9.93. The third-order valence-corrected chi connectivity index (χ3v) is 4.49. The molecular weight excluding hydrogens is 262 g/mol. The number of carbonyl (C=O) groups is 1. The Hall–Kier alpha value is -1.84. The van der Waals surface area contributed by atoms with Gasteiger partial charge in [-0.1, -0.05) is 18.2 Å². The van der Waals surface area contributed by atoms with E-state index in [-0.39, 0.29) is 5.92 Å². The molecule has 1 aromatic heterocycles. The van der Waals surface area contributed by atoms with Crippen LogP contribution < -0.4 is 4.90 Å². The summed E-state index contributed by atoms with van der Waals surface area (Å²) in [4.78, 5) is 21.3. The van der Waals surface area contributed by atoms with Crippen LogP contribution in [0, 0.1) is 12.8 Å². The van der Waals surface area contributed by atoms with Crippen molar-refractivity contribution in [2.75, 3.05) is 31.1 Å². The van der Waals surface area contributed by atoms with Gasteiger partial charge in [-0.25, -0.2) is 4.98 Å². The van der Waals surface area contributed by atoms with Crippen molar-refractivity contribution in [1.82, 2.24) is 9.88 Å². The molecule has 21 heavy (non-hydrogen) atoms. The van der Waals surface area contributed by atoms with E-state index >= 15 is 0 Å². The van der Waals surface area contributed by atoms with Gasteiger partial charge in [0.1, 0.15) is 5.82 Å². The van der Waals surface area contributed by atoms with Crippen LogP contribution in [0.5, 0.6) is 0 Å². The number of piperazine rings is 1. The van der Waals surface area contributed by atoms with Gasteiger partial charge in [-0.05, 0) is 37.8 Å². The first-order chi connectivity index (χ1) is 10.3. The highest BCUT2D eigenvalue weighted by molar-refractivity contribution is 5.79. The molecule has 0 aromatic carbocycles. The molecule has 2 heterocycles. The van der Waals surface area contributed by atoms with Crippen LogP contribution in [0.2, 0.25) is 0 Å². The van der Waals surface area contributed by atoms with Crippen molar-refractivity contribution in [3.8, 4) is 0 Å². The summed E-state index contributed by atoms with van der Waals surface area (Å²) >= 11 is 0. The molecule has 0 N–H and O–H groups in total. The summed E-state index contributed by atoms with van der Waals surface area (Å²) in [7, 11) is 0. The summed E-state index contributed by atoms with van der Waals surface area (Å²) in [5.74, 6) is 1.61. The molecule has 0 spiro atoms. The minimum absolute atomic E-state index is 0.207. The first kappa shape index (κ1) is 14.1. The Morgan fingerprint density at radius 3 is 2.71 bits per heavy atom. The van der Waals surface area contributed by atoms with Crippen LogP contribution >= 0.6 is 0 Å². The summed E-state index contributed by atoms with van der Waals surface area (Å²) in [5, 5.41) is 0. The highest BCUT2D eigenvalue weighted by atomic mass is 16.2. The molecule has 0 saturated carbocycles. The Morgan fingerprint density at radius 1 is 1.24 bits per heavy atom. The van der Waals surface area contributed by atoms with Gasteiger partial charge in [-0.15, -0.1) is 0 Å². The SMILES string of the molecule is Cc1cccnc1N1CCN(C(=O)[C@@H]2CC=CCC2)CC1. The van der Waals surface area contributed by atoms with Crippen molar-refractivity contribution in [2.24, 2.45) is 5.92 Å². The molecule has 1 saturated heterocycles. The van der Waals surface area contributed by atoms with Crippen molar-refractivity contribution >= 4 is 11.7 Å². The van der Waals surface area contributed by atoms with Crippen molar-refractivity contribution in [1.29, 1.82) is 0 Å². The van der Waals surface area contributed by atoms with Gasteiger partial charge in [0, 0.05) is 38.3 Å². The minimum Gasteiger partial charge on any atom is -0.353 e. The average Bonchev–Trinajstić information content (AvgIpc) is 2.56. The maximum Gasteiger partial charge on any atom is 0.226 e. The van der Waals surface area contributed by atoms with E-state index in [2.05, 4.69) is 35.0 Å². The van der Waals surface area contributed by atoms with Gasteiger partial charge in [0.15, 0.2) is 0 Å². The quantitative estimate of drug-likeness (QED) is 0.783. The van der Waals surface area contributed by atoms with Crippen LogP contribution in [0.15, 0.2) is 30.5 Å². The van der Waals surface area contributed by atoms with Gasteiger partial charge in [0.2, 0.25) is 5.91 Å². The van der Waals surface area contributed by atoms with Crippen molar-refractivity contribution in [2.45, 2.75) is 26.2 Å². The van der Waals surface area contributed by atoms with E-state index in [1.165, 1.54) is 5.56 Å². The fourth-order valence-electron chi connectivity index (χ4n) is 3.22. The van der Waals surface area contributed by atoms with Crippen LogP contribution in [0.4, 0.5) is 5.82 Å². The normalized spacial score (nSPS) is 22.4. The number of rotatable bonds is 2. The molecule has 1 amide bonds. The number of amides is 1. The fraction of sp³-hybridized carbons (Fsp3) is 0.529. The average molecular weight is 285 g/mol. The molecule has 4 nitrogen and oxygen atoms in total. The van der Waals surface area contributed by atoms with Crippen molar-refractivity contribution in [3.05, 3.63) is 36.0 Å². The highest BCUT2D eigenvalue weighted by Crippen LogP contribution is 2.23. The first-order valence-electron chi connectivity index (χ1n) is 7.86. The molecule has 1 fully saturated rings. The number of pyridine rings is 1. The molecule has 1 atom stereocenters. The van der Waals surface area contributed by atoms with E-state index in [9.17, 15) is 4.79 Å². The van der Waals surface area contributed by atoms with Crippen LogP contribution in [0.1, 0.15) is 24.8 Å². The van der Waals surface area contributed by atoms with Gasteiger partial charge >= 0.3 is 0 Å². The zero-order valence-corrected chi connectivity index (χ0v) is 12.7. The lowest BCUT2D eigenvalue weighted by Crippen LogP contribution is -2.50. The first-order valence-corrected chi connectivity index (χ1v) is 7.86. The Bertz CT molecular complexity index is 533. The molecule has 4 heteroatoms. The van der Waals surface area contributed by atoms with Crippen LogP contribution in [-0.4, -0.2) is 42.0 Å². The summed E-state index contributed by atoms with van der Waals surface area (Å²) in [6, 6.07) is 4.06. The number of aromatic nitrogens is 1. The zero-order chi connectivity index (χ0) is 14.7. The largest absolute Gasteiger partial charge is 0.353 e. The van der Waals surface area contributed by atoms with Gasteiger partial charge < -0.3 is 9.80 Å². The topological polar surface area (TPSA) is 36.4 Å². The summed E-state index contributed by atoms with van der Waals surface area (Å²) < 4.78 is 0. The molecule has 1 aliphatic heterocycles. The maximum atomic E-state index is 12.5. The smallest absolute Gasteiger partial charge is 0.226 e. The summed E-state index contributed by atoms with van der Waals surface area (Å²) in [6.45, 7) is 5.48. The van der Waals surface area contributed by atoms with E-state index in [1.54, 1.807) is 0 Å². The Balaban J connectivity index is 1.59. The van der Waals surface area contributed by atoms with Gasteiger partial charge in [0.25, 0.3) is 0 Å². The number of aryl methyl sites for hydroxylation is 1. The fourth-order valence-corrected chi connectivity index (χ4v) is 3.22. The molecule has 0 bridgehead atoms. The Morgan fingerprint density at radius 2 is 2.05 bits per heavy atom. The van der Waals surface area contributed by atoms with Crippen LogP contribution in [0.3, 0.4) is 0 Å². The van der Waals surface area contributed by atoms with E-state index in [0.717, 1.165) is 51.3 Å². The Kier molecular flexibility index (Phi) is 4.23. The number of carbonyl (C=O) groups excluding carboxylic acids is 1. The van der Waals surface area contributed by atoms with E-state index in [0.29, 0.717) is 5.91 Å². The number of nitrogens with zero attached hydrogens (tertiary/aromatic N) is 3. The Labute approximate surface area is 126 Å². The van der Waals surface area contributed by atoms with E-state index in [1.807, 2.05) is 17.2 Å². The lowest BCUT2D eigenvalue weighted by Gasteiger charge is -2.37. The zero-order valence-electron chi connectivity index (χ0n) is 12.7. The predicted molar refractivity (Wildman–Crippen MR) is 84.2 cm³/mol. The van der Waals surface area contributed by atoms with Gasteiger partial charge in [-0.2, -0.15) is 0 Å². The van der Waals surface area contributed by atoms with Crippen molar-refractivity contribution < 1.29 is 4.79 Å². The minimum atomic E-state index is 0.207. The molecular formula is C17H23N3O. The van der Waals surface area contributed by atoms with E-state index < -0.39 is 0 Å². The van der Waals surface area contributed by atoms with Crippen molar-refractivity contribution in [3.63, 3.8) is 0 Å². The van der Waals surface area contributed by atoms with Gasteiger partial charge in [-0.3, -0.25) is 4.79 Å². The summed E-state index contributed by atoms with van der Waals surface area (Å²) in [5.41, 5.74) is 1.20. The molecule has 1 aliphatic carbocycles.